The summed E-state index contributed by atoms with van der Waals surface area (Å²) in [7, 11) is 0. The first kappa shape index (κ1) is 10.3. The molecule has 0 amide bonds. The monoisotopic (exact) mass is 224 g/mol. The normalized spacial score (nSPS) is 22.2. The van der Waals surface area contributed by atoms with Crippen molar-refractivity contribution in [3.8, 4) is 0 Å². The van der Waals surface area contributed by atoms with E-state index in [0.29, 0.717) is 12.0 Å². The van der Waals surface area contributed by atoms with Crippen molar-refractivity contribution in [3.63, 3.8) is 0 Å². The molecule has 0 bridgehead atoms. The number of aromatic nitrogens is 1. The quantitative estimate of drug-likeness (QED) is 0.864. The molecule has 1 aliphatic carbocycles. The molecule has 1 N–H and O–H groups in total. The molecule has 86 valence electrons. The summed E-state index contributed by atoms with van der Waals surface area (Å²) in [5, 5.41) is 3.59. The van der Waals surface area contributed by atoms with Crippen molar-refractivity contribution in [3.05, 3.63) is 59.9 Å². The molecular formula is C15H16N2. The molecule has 0 aliphatic heterocycles. The van der Waals surface area contributed by atoms with Gasteiger partial charge in [0.25, 0.3) is 0 Å². The first-order valence-corrected chi connectivity index (χ1v) is 6.06. The van der Waals surface area contributed by atoms with Crippen molar-refractivity contribution >= 4 is 5.69 Å². The SMILES string of the molecule is Cc1cnccc1NC1CC1c1ccccc1. The molecule has 2 unspecified atom stereocenters. The predicted molar refractivity (Wildman–Crippen MR) is 70.2 cm³/mol. The molecule has 0 spiro atoms. The average Bonchev–Trinajstić information content (AvgIpc) is 3.13. The van der Waals surface area contributed by atoms with Gasteiger partial charge in [0.05, 0.1) is 0 Å². The van der Waals surface area contributed by atoms with E-state index >= 15 is 0 Å². The second kappa shape index (κ2) is 4.21. The molecule has 2 atom stereocenters. The van der Waals surface area contributed by atoms with Gasteiger partial charge < -0.3 is 5.32 Å². The first-order chi connectivity index (χ1) is 8.34. The number of nitrogens with one attached hydrogen (secondary N) is 1. The highest BCUT2D eigenvalue weighted by molar-refractivity contribution is 5.52. The first-order valence-electron chi connectivity index (χ1n) is 6.06. The van der Waals surface area contributed by atoms with Crippen molar-refractivity contribution in [1.82, 2.24) is 4.98 Å². The van der Waals surface area contributed by atoms with Gasteiger partial charge >= 0.3 is 0 Å². The van der Waals surface area contributed by atoms with E-state index in [4.69, 9.17) is 0 Å². The molecule has 17 heavy (non-hydrogen) atoms. The zero-order chi connectivity index (χ0) is 11.7. The number of benzene rings is 1. The highest BCUT2D eigenvalue weighted by atomic mass is 15.0. The smallest absolute Gasteiger partial charge is 0.0403 e. The minimum absolute atomic E-state index is 0.582. The number of nitrogens with zero attached hydrogens (tertiary/aromatic N) is 1. The Kier molecular flexibility index (Phi) is 2.56. The third kappa shape index (κ3) is 2.16. The number of anilines is 1. The van der Waals surface area contributed by atoms with E-state index < -0.39 is 0 Å². The van der Waals surface area contributed by atoms with Crippen LogP contribution in [0.1, 0.15) is 23.5 Å². The lowest BCUT2D eigenvalue weighted by Gasteiger charge is -2.08. The molecule has 0 radical (unpaired) electrons. The van der Waals surface area contributed by atoms with Gasteiger partial charge in [0.1, 0.15) is 0 Å². The molecule has 2 heteroatoms. The van der Waals surface area contributed by atoms with E-state index in [2.05, 4.69) is 53.6 Å². The summed E-state index contributed by atoms with van der Waals surface area (Å²) in [6, 6.07) is 13.4. The topological polar surface area (TPSA) is 24.9 Å². The van der Waals surface area contributed by atoms with Gasteiger partial charge in [0.15, 0.2) is 0 Å². The van der Waals surface area contributed by atoms with Crippen LogP contribution in [0.5, 0.6) is 0 Å². The van der Waals surface area contributed by atoms with E-state index in [9.17, 15) is 0 Å². The van der Waals surface area contributed by atoms with Crippen LogP contribution in [0.25, 0.3) is 0 Å². The molecule has 1 aliphatic rings. The van der Waals surface area contributed by atoms with Gasteiger partial charge in [-0.3, -0.25) is 4.98 Å². The third-order valence-electron chi connectivity index (χ3n) is 3.38. The molecule has 1 aromatic heterocycles. The Bertz CT molecular complexity index is 507. The maximum absolute atomic E-state index is 4.11. The van der Waals surface area contributed by atoms with E-state index in [0.717, 1.165) is 0 Å². The Hall–Kier alpha value is -1.83. The van der Waals surface area contributed by atoms with E-state index in [-0.39, 0.29) is 0 Å². The lowest BCUT2D eigenvalue weighted by molar-refractivity contribution is 1.04. The van der Waals surface area contributed by atoms with Gasteiger partial charge in [-0.05, 0) is 30.5 Å². The number of hydrogen-bond acceptors (Lipinski definition) is 2. The lowest BCUT2D eigenvalue weighted by atomic mass is 10.1. The fraction of sp³-hybridized carbons (Fsp3) is 0.267. The second-order valence-corrected chi connectivity index (χ2v) is 4.69. The zero-order valence-electron chi connectivity index (χ0n) is 9.93. The highest BCUT2D eigenvalue weighted by Gasteiger charge is 2.38. The van der Waals surface area contributed by atoms with Crippen LogP contribution in [0.15, 0.2) is 48.8 Å². The molecule has 1 fully saturated rings. The van der Waals surface area contributed by atoms with Crippen LogP contribution in [0.3, 0.4) is 0 Å². The van der Waals surface area contributed by atoms with Crippen molar-refractivity contribution in [1.29, 1.82) is 0 Å². The zero-order valence-corrected chi connectivity index (χ0v) is 9.93. The summed E-state index contributed by atoms with van der Waals surface area (Å²) in [5.74, 6) is 0.670. The second-order valence-electron chi connectivity index (χ2n) is 4.69. The summed E-state index contributed by atoms with van der Waals surface area (Å²) in [6.07, 6.45) is 4.98. The van der Waals surface area contributed by atoms with Crippen LogP contribution in [-0.2, 0) is 0 Å². The minimum atomic E-state index is 0.582. The molecular weight excluding hydrogens is 208 g/mol. The van der Waals surface area contributed by atoms with Crippen molar-refractivity contribution in [2.45, 2.75) is 25.3 Å². The highest BCUT2D eigenvalue weighted by Crippen LogP contribution is 2.42. The Balaban J connectivity index is 1.69. The summed E-state index contributed by atoms with van der Waals surface area (Å²) >= 11 is 0. The van der Waals surface area contributed by atoms with Gasteiger partial charge in [0.2, 0.25) is 0 Å². The van der Waals surface area contributed by atoms with Crippen molar-refractivity contribution < 1.29 is 0 Å². The summed E-state index contributed by atoms with van der Waals surface area (Å²) in [6.45, 7) is 2.09. The molecule has 2 nitrogen and oxygen atoms in total. The van der Waals surface area contributed by atoms with Gasteiger partial charge in [-0.25, -0.2) is 0 Å². The van der Waals surface area contributed by atoms with Gasteiger partial charge in [0, 0.05) is 30.0 Å². The van der Waals surface area contributed by atoms with Crippen LogP contribution >= 0.6 is 0 Å². The molecule has 0 saturated heterocycles. The Morgan fingerprint density at radius 1 is 1.18 bits per heavy atom. The van der Waals surface area contributed by atoms with Crippen LogP contribution in [0.2, 0.25) is 0 Å². The van der Waals surface area contributed by atoms with E-state index in [1.54, 1.807) is 0 Å². The predicted octanol–water partition coefficient (Wildman–Crippen LogP) is 3.36. The number of hydrogen-bond donors (Lipinski definition) is 1. The minimum Gasteiger partial charge on any atom is -0.381 e. The van der Waals surface area contributed by atoms with Crippen LogP contribution in [-0.4, -0.2) is 11.0 Å². The van der Waals surface area contributed by atoms with E-state index in [1.807, 2.05) is 12.4 Å². The van der Waals surface area contributed by atoms with Gasteiger partial charge in [-0.15, -0.1) is 0 Å². The summed E-state index contributed by atoms with van der Waals surface area (Å²) in [4.78, 5) is 4.11. The van der Waals surface area contributed by atoms with E-state index in [1.165, 1.54) is 23.2 Å². The number of pyridine rings is 1. The van der Waals surface area contributed by atoms with Crippen LogP contribution in [0, 0.1) is 6.92 Å². The third-order valence-corrected chi connectivity index (χ3v) is 3.38. The standard InChI is InChI=1S/C15H16N2/c1-11-10-16-8-7-14(11)17-15-9-13(15)12-5-3-2-4-6-12/h2-8,10,13,15H,9H2,1H3,(H,16,17). The van der Waals surface area contributed by atoms with Crippen LogP contribution < -0.4 is 5.32 Å². The summed E-state index contributed by atoms with van der Waals surface area (Å²) in [5.41, 5.74) is 3.87. The Labute approximate surface area is 102 Å². The van der Waals surface area contributed by atoms with Gasteiger partial charge in [-0.1, -0.05) is 30.3 Å². The van der Waals surface area contributed by atoms with Crippen molar-refractivity contribution in [2.24, 2.45) is 0 Å². The number of aryl methyl sites for hydroxylation is 1. The Morgan fingerprint density at radius 3 is 2.76 bits per heavy atom. The van der Waals surface area contributed by atoms with Crippen LogP contribution in [0.4, 0.5) is 5.69 Å². The Morgan fingerprint density at radius 2 is 2.00 bits per heavy atom. The molecule has 1 aromatic carbocycles. The van der Waals surface area contributed by atoms with Gasteiger partial charge in [-0.2, -0.15) is 0 Å². The maximum Gasteiger partial charge on any atom is 0.0403 e. The molecule has 1 heterocycles. The maximum atomic E-state index is 4.11. The van der Waals surface area contributed by atoms with Crippen molar-refractivity contribution in [2.75, 3.05) is 5.32 Å². The fourth-order valence-corrected chi connectivity index (χ4v) is 2.26. The molecule has 3 rings (SSSR count). The summed E-state index contributed by atoms with van der Waals surface area (Å²) < 4.78 is 0. The number of rotatable bonds is 3. The largest absolute Gasteiger partial charge is 0.381 e. The molecule has 1 saturated carbocycles. The lowest BCUT2D eigenvalue weighted by Crippen LogP contribution is -2.05. The molecule has 2 aromatic rings. The average molecular weight is 224 g/mol. The fourth-order valence-electron chi connectivity index (χ4n) is 2.26.